The molecule has 0 bridgehead atoms. The molecule has 0 radical (unpaired) electrons. The van der Waals surface area contributed by atoms with Gasteiger partial charge in [0.2, 0.25) is 0 Å². The SMILES string of the molecule is O=C(Nc1ccccc1)Nc1ccc(Nc2cccc(Cl)c2Cl)cn1. The van der Waals surface area contributed by atoms with Gasteiger partial charge in [0.1, 0.15) is 5.82 Å². The van der Waals surface area contributed by atoms with Crippen molar-refractivity contribution in [2.45, 2.75) is 0 Å². The predicted molar refractivity (Wildman–Crippen MR) is 103 cm³/mol. The summed E-state index contributed by atoms with van der Waals surface area (Å²) in [7, 11) is 0. The lowest BCUT2D eigenvalue weighted by molar-refractivity contribution is 0.262. The molecule has 0 spiro atoms. The second-order valence-corrected chi connectivity index (χ2v) is 5.89. The summed E-state index contributed by atoms with van der Waals surface area (Å²) in [6.45, 7) is 0. The molecule has 1 aromatic heterocycles. The van der Waals surface area contributed by atoms with Gasteiger partial charge < -0.3 is 10.6 Å². The first-order chi connectivity index (χ1) is 12.1. The highest BCUT2D eigenvalue weighted by Crippen LogP contribution is 2.31. The maximum absolute atomic E-state index is 11.9. The van der Waals surface area contributed by atoms with Crippen LogP contribution in [0.3, 0.4) is 0 Å². The number of anilines is 4. The number of rotatable bonds is 4. The van der Waals surface area contributed by atoms with Crippen LogP contribution in [0.4, 0.5) is 27.7 Å². The standard InChI is InChI=1S/C18H14Cl2N4O/c19-14-7-4-8-15(17(14)20)22-13-9-10-16(21-11-13)24-18(25)23-12-5-2-1-3-6-12/h1-11,22H,(H2,21,23,24,25). The number of hydrogen-bond acceptors (Lipinski definition) is 3. The number of nitrogens with one attached hydrogen (secondary N) is 3. The normalized spacial score (nSPS) is 10.2. The van der Waals surface area contributed by atoms with Crippen LogP contribution < -0.4 is 16.0 Å². The summed E-state index contributed by atoms with van der Waals surface area (Å²) in [5.41, 5.74) is 2.10. The van der Waals surface area contributed by atoms with E-state index < -0.39 is 0 Å². The lowest BCUT2D eigenvalue weighted by Crippen LogP contribution is -2.19. The first-order valence-electron chi connectivity index (χ1n) is 7.42. The Kier molecular flexibility index (Phi) is 5.38. The Labute approximate surface area is 155 Å². The first-order valence-corrected chi connectivity index (χ1v) is 8.17. The van der Waals surface area contributed by atoms with Crippen LogP contribution in [0.25, 0.3) is 0 Å². The summed E-state index contributed by atoms with van der Waals surface area (Å²) in [4.78, 5) is 16.1. The summed E-state index contributed by atoms with van der Waals surface area (Å²) < 4.78 is 0. The molecule has 126 valence electrons. The molecule has 0 aliphatic carbocycles. The van der Waals surface area contributed by atoms with Crippen LogP contribution in [0.15, 0.2) is 66.9 Å². The fraction of sp³-hybridized carbons (Fsp3) is 0. The molecule has 0 saturated carbocycles. The van der Waals surface area contributed by atoms with E-state index in [4.69, 9.17) is 23.2 Å². The average Bonchev–Trinajstić information content (AvgIpc) is 2.61. The number of nitrogens with zero attached hydrogens (tertiary/aromatic N) is 1. The molecule has 0 fully saturated rings. The molecule has 3 rings (SSSR count). The monoisotopic (exact) mass is 372 g/mol. The van der Waals surface area contributed by atoms with Crippen molar-refractivity contribution in [3.63, 3.8) is 0 Å². The number of urea groups is 1. The molecule has 0 unspecified atom stereocenters. The van der Waals surface area contributed by atoms with Gasteiger partial charge in [-0.15, -0.1) is 0 Å². The number of para-hydroxylation sites is 1. The van der Waals surface area contributed by atoms with Crippen molar-refractivity contribution in [1.29, 1.82) is 0 Å². The van der Waals surface area contributed by atoms with Gasteiger partial charge in [0, 0.05) is 5.69 Å². The van der Waals surface area contributed by atoms with E-state index in [1.165, 1.54) is 0 Å². The smallest absolute Gasteiger partial charge is 0.324 e. The number of hydrogen-bond donors (Lipinski definition) is 3. The number of carbonyl (C=O) groups excluding carboxylic acids is 1. The molecule has 3 aromatic rings. The number of carbonyl (C=O) groups is 1. The molecule has 3 N–H and O–H groups in total. The molecule has 5 nitrogen and oxygen atoms in total. The fourth-order valence-electron chi connectivity index (χ4n) is 2.10. The van der Waals surface area contributed by atoms with Gasteiger partial charge in [0.15, 0.2) is 0 Å². The van der Waals surface area contributed by atoms with Gasteiger partial charge in [0.25, 0.3) is 0 Å². The van der Waals surface area contributed by atoms with Gasteiger partial charge in [0.05, 0.1) is 27.6 Å². The zero-order chi connectivity index (χ0) is 17.6. The molecule has 25 heavy (non-hydrogen) atoms. The molecule has 7 heteroatoms. The Hall–Kier alpha value is -2.76. The largest absolute Gasteiger partial charge is 0.353 e. The quantitative estimate of drug-likeness (QED) is 0.543. The van der Waals surface area contributed by atoms with E-state index in [0.29, 0.717) is 27.2 Å². The average molecular weight is 373 g/mol. The third-order valence-electron chi connectivity index (χ3n) is 3.27. The minimum absolute atomic E-state index is 0.364. The number of halogens is 2. The molecule has 0 aliphatic rings. The maximum Gasteiger partial charge on any atom is 0.324 e. The second-order valence-electron chi connectivity index (χ2n) is 5.10. The summed E-state index contributed by atoms with van der Waals surface area (Å²) in [6.07, 6.45) is 1.59. The zero-order valence-electron chi connectivity index (χ0n) is 13.0. The van der Waals surface area contributed by atoms with E-state index >= 15 is 0 Å². The van der Waals surface area contributed by atoms with E-state index in [2.05, 4.69) is 20.9 Å². The van der Waals surface area contributed by atoms with Crippen molar-refractivity contribution in [1.82, 2.24) is 4.98 Å². The molecule has 0 aliphatic heterocycles. The van der Waals surface area contributed by atoms with Gasteiger partial charge >= 0.3 is 6.03 Å². The van der Waals surface area contributed by atoms with Gasteiger partial charge in [-0.05, 0) is 36.4 Å². The van der Waals surface area contributed by atoms with Crippen molar-refractivity contribution >= 4 is 52.1 Å². The highest BCUT2D eigenvalue weighted by Gasteiger charge is 2.06. The van der Waals surface area contributed by atoms with Gasteiger partial charge in [-0.1, -0.05) is 47.5 Å². The van der Waals surface area contributed by atoms with Crippen molar-refractivity contribution < 1.29 is 4.79 Å². The lowest BCUT2D eigenvalue weighted by Gasteiger charge is -2.10. The summed E-state index contributed by atoms with van der Waals surface area (Å²) in [6, 6.07) is 17.6. The van der Waals surface area contributed by atoms with Crippen LogP contribution in [0.2, 0.25) is 10.0 Å². The minimum Gasteiger partial charge on any atom is -0.353 e. The Balaban J connectivity index is 1.62. The summed E-state index contributed by atoms with van der Waals surface area (Å²) in [5.74, 6) is 0.427. The minimum atomic E-state index is -0.364. The number of aromatic nitrogens is 1. The van der Waals surface area contributed by atoms with Crippen LogP contribution in [0.5, 0.6) is 0 Å². The van der Waals surface area contributed by atoms with E-state index in [-0.39, 0.29) is 6.03 Å². The highest BCUT2D eigenvalue weighted by atomic mass is 35.5. The van der Waals surface area contributed by atoms with Crippen LogP contribution in [0.1, 0.15) is 0 Å². The van der Waals surface area contributed by atoms with Crippen molar-refractivity contribution in [3.8, 4) is 0 Å². The van der Waals surface area contributed by atoms with Crippen LogP contribution in [-0.2, 0) is 0 Å². The van der Waals surface area contributed by atoms with Crippen molar-refractivity contribution in [2.24, 2.45) is 0 Å². The van der Waals surface area contributed by atoms with Gasteiger partial charge in [-0.25, -0.2) is 9.78 Å². The molecule has 2 amide bonds. The Morgan fingerprint density at radius 3 is 2.36 bits per heavy atom. The summed E-state index contributed by atoms with van der Waals surface area (Å²) in [5, 5.41) is 9.42. The lowest BCUT2D eigenvalue weighted by atomic mass is 10.3. The van der Waals surface area contributed by atoms with Gasteiger partial charge in [-0.3, -0.25) is 5.32 Å². The molecular formula is C18H14Cl2N4O. The highest BCUT2D eigenvalue weighted by molar-refractivity contribution is 6.43. The van der Waals surface area contributed by atoms with Crippen LogP contribution in [0, 0.1) is 0 Å². The van der Waals surface area contributed by atoms with E-state index in [9.17, 15) is 4.79 Å². The topological polar surface area (TPSA) is 66.1 Å². The van der Waals surface area contributed by atoms with Crippen LogP contribution in [-0.4, -0.2) is 11.0 Å². The predicted octanol–water partition coefficient (Wildman–Crippen LogP) is 5.78. The first kappa shape index (κ1) is 17.1. The molecule has 0 saturated heterocycles. The number of amides is 2. The Morgan fingerprint density at radius 1 is 0.840 bits per heavy atom. The van der Waals surface area contributed by atoms with Gasteiger partial charge in [-0.2, -0.15) is 0 Å². The molecular weight excluding hydrogens is 359 g/mol. The Morgan fingerprint density at radius 2 is 1.64 bits per heavy atom. The van der Waals surface area contributed by atoms with E-state index in [1.807, 2.05) is 24.3 Å². The third-order valence-corrected chi connectivity index (χ3v) is 4.09. The Bertz CT molecular complexity index is 870. The molecule has 1 heterocycles. The van der Waals surface area contributed by atoms with E-state index in [1.54, 1.807) is 42.6 Å². The van der Waals surface area contributed by atoms with Crippen molar-refractivity contribution in [3.05, 3.63) is 76.9 Å². The second kappa shape index (κ2) is 7.88. The molecule has 2 aromatic carbocycles. The summed E-state index contributed by atoms with van der Waals surface area (Å²) >= 11 is 12.1. The number of pyridine rings is 1. The third kappa shape index (κ3) is 4.62. The van der Waals surface area contributed by atoms with Crippen molar-refractivity contribution in [2.75, 3.05) is 16.0 Å². The fourth-order valence-corrected chi connectivity index (χ4v) is 2.45. The maximum atomic E-state index is 11.9. The van der Waals surface area contributed by atoms with Crippen LogP contribution >= 0.6 is 23.2 Å². The van der Waals surface area contributed by atoms with E-state index in [0.717, 1.165) is 5.69 Å². The number of benzene rings is 2. The zero-order valence-corrected chi connectivity index (χ0v) is 14.5. The molecule has 0 atom stereocenters.